The maximum Gasteiger partial charge on any atom is 0.244 e. The van der Waals surface area contributed by atoms with Crippen molar-refractivity contribution in [2.24, 2.45) is 0 Å². The fraction of sp³-hybridized carbons (Fsp3) is 0.429. The molecule has 2 aromatic rings. The highest BCUT2D eigenvalue weighted by Crippen LogP contribution is 2.12. The molecule has 20 heavy (non-hydrogen) atoms. The Labute approximate surface area is 117 Å². The van der Waals surface area contributed by atoms with E-state index in [0.717, 1.165) is 37.0 Å². The molecule has 106 valence electrons. The van der Waals surface area contributed by atoms with Gasteiger partial charge in [-0.15, -0.1) is 5.10 Å². The van der Waals surface area contributed by atoms with Gasteiger partial charge in [-0.25, -0.2) is 4.39 Å². The first-order valence-electron chi connectivity index (χ1n) is 6.85. The lowest BCUT2D eigenvalue weighted by Crippen LogP contribution is -2.49. The van der Waals surface area contributed by atoms with Crippen LogP contribution in [0.1, 0.15) is 18.3 Å². The van der Waals surface area contributed by atoms with E-state index < -0.39 is 0 Å². The molecular weight excluding hydrogens is 257 g/mol. The molecule has 0 unspecified atom stereocenters. The first-order valence-corrected chi connectivity index (χ1v) is 6.85. The van der Waals surface area contributed by atoms with Gasteiger partial charge in [0, 0.05) is 32.1 Å². The zero-order valence-electron chi connectivity index (χ0n) is 11.4. The lowest BCUT2D eigenvalue weighted by atomic mass is 10.1. The summed E-state index contributed by atoms with van der Waals surface area (Å²) in [5.41, 5.74) is 1.02. The predicted octanol–water partition coefficient (Wildman–Crippen LogP) is 1.33. The molecule has 0 saturated carbocycles. The van der Waals surface area contributed by atoms with Crippen molar-refractivity contribution in [1.29, 1.82) is 0 Å². The lowest BCUT2D eigenvalue weighted by molar-refractivity contribution is 0.480. The van der Waals surface area contributed by atoms with E-state index in [1.807, 2.05) is 0 Å². The molecule has 1 saturated heterocycles. The number of anilines is 1. The molecule has 5 nitrogen and oxygen atoms in total. The minimum Gasteiger partial charge on any atom is -0.337 e. The molecule has 6 heteroatoms. The summed E-state index contributed by atoms with van der Waals surface area (Å²) < 4.78 is 12.9. The van der Waals surface area contributed by atoms with Gasteiger partial charge in [-0.05, 0) is 24.6 Å². The van der Waals surface area contributed by atoms with Crippen molar-refractivity contribution in [1.82, 2.24) is 20.5 Å². The Hall–Kier alpha value is -1.95. The van der Waals surface area contributed by atoms with Gasteiger partial charge in [0.05, 0.1) is 0 Å². The zero-order valence-corrected chi connectivity index (χ0v) is 11.4. The Morgan fingerprint density at radius 2 is 2.15 bits per heavy atom. The van der Waals surface area contributed by atoms with Gasteiger partial charge < -0.3 is 10.2 Å². The second kappa shape index (κ2) is 5.58. The third-order valence-electron chi connectivity index (χ3n) is 3.46. The highest BCUT2D eigenvalue weighted by atomic mass is 19.1. The van der Waals surface area contributed by atoms with Crippen molar-refractivity contribution >= 4 is 5.95 Å². The number of rotatable bonds is 3. The van der Waals surface area contributed by atoms with Gasteiger partial charge in [-0.3, -0.25) is 5.10 Å². The number of H-pyrrole nitrogens is 1. The standard InChI is InChI=1S/C14H18FN5/c1-10-9-20(7-6-16-10)14-17-13(18-19-14)8-11-2-4-12(15)5-3-11/h2-5,10,16H,6-9H2,1H3,(H,17,18,19)/t10-/m1/s1. The average Bonchev–Trinajstić information content (AvgIpc) is 2.90. The maximum absolute atomic E-state index is 12.9. The number of hydrogen-bond donors (Lipinski definition) is 2. The molecule has 1 fully saturated rings. The smallest absolute Gasteiger partial charge is 0.244 e. The molecule has 1 atom stereocenters. The summed E-state index contributed by atoms with van der Waals surface area (Å²) in [5.74, 6) is 1.33. The van der Waals surface area contributed by atoms with Crippen LogP contribution in [0, 0.1) is 5.82 Å². The first kappa shape index (κ1) is 13.1. The fourth-order valence-corrected chi connectivity index (χ4v) is 2.42. The van der Waals surface area contributed by atoms with E-state index in [4.69, 9.17) is 0 Å². The van der Waals surface area contributed by atoms with Crippen LogP contribution >= 0.6 is 0 Å². The van der Waals surface area contributed by atoms with E-state index in [0.29, 0.717) is 12.5 Å². The van der Waals surface area contributed by atoms with Crippen LogP contribution in [0.3, 0.4) is 0 Å². The van der Waals surface area contributed by atoms with Gasteiger partial charge >= 0.3 is 0 Å². The monoisotopic (exact) mass is 275 g/mol. The molecule has 1 aliphatic rings. The third-order valence-corrected chi connectivity index (χ3v) is 3.46. The Bertz CT molecular complexity index is 565. The topological polar surface area (TPSA) is 56.8 Å². The largest absolute Gasteiger partial charge is 0.337 e. The van der Waals surface area contributed by atoms with Crippen molar-refractivity contribution in [3.05, 3.63) is 41.5 Å². The van der Waals surface area contributed by atoms with Crippen LogP contribution in [-0.4, -0.2) is 40.9 Å². The maximum atomic E-state index is 12.9. The predicted molar refractivity (Wildman–Crippen MR) is 75.3 cm³/mol. The number of hydrogen-bond acceptors (Lipinski definition) is 4. The molecular formula is C14H18FN5. The van der Waals surface area contributed by atoms with E-state index in [-0.39, 0.29) is 5.82 Å². The van der Waals surface area contributed by atoms with Crippen LogP contribution in [0.25, 0.3) is 0 Å². The van der Waals surface area contributed by atoms with Crippen molar-refractivity contribution in [2.75, 3.05) is 24.5 Å². The Morgan fingerprint density at radius 1 is 1.35 bits per heavy atom. The Balaban J connectivity index is 1.68. The molecule has 2 heterocycles. The molecule has 0 aliphatic carbocycles. The minimum atomic E-state index is -0.221. The first-order chi connectivity index (χ1) is 9.70. The quantitative estimate of drug-likeness (QED) is 0.887. The van der Waals surface area contributed by atoms with Crippen LogP contribution in [0.15, 0.2) is 24.3 Å². The summed E-state index contributed by atoms with van der Waals surface area (Å²) in [6.07, 6.45) is 0.634. The SMILES string of the molecule is C[C@@H]1CN(c2n[nH]c(Cc3ccc(F)cc3)n2)CCN1. The van der Waals surface area contributed by atoms with E-state index >= 15 is 0 Å². The van der Waals surface area contributed by atoms with Crippen LogP contribution in [0.4, 0.5) is 10.3 Å². The summed E-state index contributed by atoms with van der Waals surface area (Å²) in [6, 6.07) is 6.91. The summed E-state index contributed by atoms with van der Waals surface area (Å²) in [7, 11) is 0. The summed E-state index contributed by atoms with van der Waals surface area (Å²) in [4.78, 5) is 6.70. The van der Waals surface area contributed by atoms with Gasteiger partial charge in [0.25, 0.3) is 0 Å². The molecule has 3 rings (SSSR count). The van der Waals surface area contributed by atoms with Crippen LogP contribution in [-0.2, 0) is 6.42 Å². The number of aromatic amines is 1. The number of piperazine rings is 1. The van der Waals surface area contributed by atoms with Crippen LogP contribution in [0.2, 0.25) is 0 Å². The molecule has 1 aromatic heterocycles. The number of nitrogens with one attached hydrogen (secondary N) is 2. The molecule has 0 spiro atoms. The van der Waals surface area contributed by atoms with Gasteiger partial charge in [0.1, 0.15) is 11.6 Å². The fourth-order valence-electron chi connectivity index (χ4n) is 2.42. The van der Waals surface area contributed by atoms with E-state index in [9.17, 15) is 4.39 Å². The number of aromatic nitrogens is 3. The minimum absolute atomic E-state index is 0.221. The summed E-state index contributed by atoms with van der Waals surface area (Å²) in [6.45, 7) is 4.92. The molecule has 0 bridgehead atoms. The van der Waals surface area contributed by atoms with Gasteiger partial charge in [0.15, 0.2) is 0 Å². The highest BCUT2D eigenvalue weighted by Gasteiger charge is 2.19. The van der Waals surface area contributed by atoms with Crippen molar-refractivity contribution in [3.63, 3.8) is 0 Å². The molecule has 0 amide bonds. The van der Waals surface area contributed by atoms with Gasteiger partial charge in [0.2, 0.25) is 5.95 Å². The van der Waals surface area contributed by atoms with Gasteiger partial charge in [-0.2, -0.15) is 4.98 Å². The summed E-state index contributed by atoms with van der Waals surface area (Å²) >= 11 is 0. The number of halogens is 1. The zero-order chi connectivity index (χ0) is 13.9. The average molecular weight is 275 g/mol. The number of benzene rings is 1. The second-order valence-corrected chi connectivity index (χ2v) is 5.19. The van der Waals surface area contributed by atoms with Crippen LogP contribution < -0.4 is 10.2 Å². The number of nitrogens with zero attached hydrogens (tertiary/aromatic N) is 3. The Kier molecular flexibility index (Phi) is 3.64. The molecule has 1 aliphatic heterocycles. The normalized spacial score (nSPS) is 19.3. The van der Waals surface area contributed by atoms with Crippen molar-refractivity contribution in [3.8, 4) is 0 Å². The van der Waals surface area contributed by atoms with E-state index in [1.54, 1.807) is 12.1 Å². The molecule has 2 N–H and O–H groups in total. The van der Waals surface area contributed by atoms with Crippen molar-refractivity contribution in [2.45, 2.75) is 19.4 Å². The van der Waals surface area contributed by atoms with Crippen LogP contribution in [0.5, 0.6) is 0 Å². The molecule has 0 radical (unpaired) electrons. The second-order valence-electron chi connectivity index (χ2n) is 5.19. The summed E-state index contributed by atoms with van der Waals surface area (Å²) in [5, 5.41) is 10.6. The lowest BCUT2D eigenvalue weighted by Gasteiger charge is -2.30. The third kappa shape index (κ3) is 2.96. The van der Waals surface area contributed by atoms with E-state index in [2.05, 4.69) is 32.3 Å². The van der Waals surface area contributed by atoms with Crippen molar-refractivity contribution < 1.29 is 4.39 Å². The van der Waals surface area contributed by atoms with Gasteiger partial charge in [-0.1, -0.05) is 12.1 Å². The molecule has 1 aromatic carbocycles. The highest BCUT2D eigenvalue weighted by molar-refractivity contribution is 5.31. The van der Waals surface area contributed by atoms with E-state index in [1.165, 1.54) is 12.1 Å². The Morgan fingerprint density at radius 3 is 2.90 bits per heavy atom.